The first-order valence-electron chi connectivity index (χ1n) is 9.55. The van der Waals surface area contributed by atoms with E-state index in [4.69, 9.17) is 0 Å². The number of benzene rings is 2. The lowest BCUT2D eigenvalue weighted by atomic mass is 9.99. The van der Waals surface area contributed by atoms with E-state index in [1.54, 1.807) is 6.92 Å². The van der Waals surface area contributed by atoms with E-state index >= 15 is 0 Å². The molecule has 0 aliphatic heterocycles. The predicted octanol–water partition coefficient (Wildman–Crippen LogP) is 3.38. The molecule has 4 unspecified atom stereocenters. The van der Waals surface area contributed by atoms with Gasteiger partial charge in [0.1, 0.15) is 11.5 Å². The second kappa shape index (κ2) is 12.5. The SMILES string of the molecule is Cc1cc(N(C[P+](=O)O)C[P+](=O)O)cc(Cc2cc(N(C[P+](=O)O)C[P+](=O)O)ccc2O)c1O. The minimum atomic E-state index is -2.66. The molecule has 0 aliphatic carbocycles. The Labute approximate surface area is 198 Å². The van der Waals surface area contributed by atoms with Crippen molar-refractivity contribution < 1.29 is 48.0 Å². The maximum absolute atomic E-state index is 11.4. The van der Waals surface area contributed by atoms with Crippen molar-refractivity contribution in [3.8, 4) is 11.5 Å². The van der Waals surface area contributed by atoms with E-state index in [2.05, 4.69) is 0 Å². The van der Waals surface area contributed by atoms with Gasteiger partial charge in [0.25, 0.3) is 25.1 Å². The van der Waals surface area contributed by atoms with Gasteiger partial charge in [-0.05, 0) is 61.1 Å². The Kier molecular flexibility index (Phi) is 10.4. The molecule has 6 N–H and O–H groups in total. The molecule has 0 saturated heterocycles. The third-order valence-corrected chi connectivity index (χ3v) is 7.04. The second-order valence-corrected chi connectivity index (χ2v) is 11.3. The summed E-state index contributed by atoms with van der Waals surface area (Å²) in [5.74, 6) is -0.286. The Morgan fingerprint density at radius 2 is 1.12 bits per heavy atom. The first-order chi connectivity index (χ1) is 15.9. The quantitative estimate of drug-likeness (QED) is 0.210. The number of aromatic hydroxyl groups is 2. The molecule has 2 aromatic rings. The zero-order valence-corrected chi connectivity index (χ0v) is 21.5. The van der Waals surface area contributed by atoms with Crippen molar-refractivity contribution in [2.75, 3.05) is 34.9 Å². The van der Waals surface area contributed by atoms with Crippen LogP contribution in [0.25, 0.3) is 0 Å². The average Bonchev–Trinajstić information content (AvgIpc) is 2.70. The predicted molar refractivity (Wildman–Crippen MR) is 127 cm³/mol. The number of hydrogen-bond acceptors (Lipinski definition) is 8. The number of phenolic OH excluding ortho intramolecular Hbond substituents is 2. The molecule has 0 aliphatic rings. The summed E-state index contributed by atoms with van der Waals surface area (Å²) in [6.45, 7) is 1.58. The normalized spacial score (nSPS) is 12.7. The minimum Gasteiger partial charge on any atom is -0.508 e. The highest BCUT2D eigenvalue weighted by Crippen LogP contribution is 2.37. The van der Waals surface area contributed by atoms with Gasteiger partial charge in [-0.3, -0.25) is 9.80 Å². The van der Waals surface area contributed by atoms with E-state index < -0.39 is 57.3 Å². The summed E-state index contributed by atoms with van der Waals surface area (Å²) in [6.07, 6.45) is -1.68. The van der Waals surface area contributed by atoms with Crippen LogP contribution < -0.4 is 9.80 Å². The molecule has 0 radical (unpaired) electrons. The third kappa shape index (κ3) is 8.27. The van der Waals surface area contributed by atoms with Gasteiger partial charge >= 0.3 is 32.1 Å². The summed E-state index contributed by atoms with van der Waals surface area (Å²) in [5.41, 5.74) is 1.56. The highest BCUT2D eigenvalue weighted by molar-refractivity contribution is 7.39. The van der Waals surface area contributed by atoms with E-state index in [0.29, 0.717) is 22.5 Å². The van der Waals surface area contributed by atoms with E-state index in [1.807, 2.05) is 0 Å². The number of aryl methyl sites for hydroxylation is 1. The molecule has 0 bridgehead atoms. The third-order valence-electron chi connectivity index (χ3n) is 4.71. The summed E-state index contributed by atoms with van der Waals surface area (Å²) in [6, 6.07) is 7.11. The van der Waals surface area contributed by atoms with E-state index in [0.717, 1.165) is 0 Å². The summed E-state index contributed by atoms with van der Waals surface area (Å²) >= 11 is 0. The second-order valence-electron chi connectivity index (χ2n) is 7.31. The first kappa shape index (κ1) is 28.1. The molecule has 2 rings (SSSR count). The number of nitrogens with zero attached hydrogens (tertiary/aromatic N) is 2. The molecule has 0 fully saturated rings. The smallest absolute Gasteiger partial charge is 0.508 e. The average molecular weight is 552 g/mol. The lowest BCUT2D eigenvalue weighted by Gasteiger charge is -2.18. The number of phenols is 2. The Hall–Kier alpha value is -2.12. The highest BCUT2D eigenvalue weighted by atomic mass is 31.1. The van der Waals surface area contributed by atoms with Gasteiger partial charge in [-0.25, -0.2) is 0 Å². The van der Waals surface area contributed by atoms with Gasteiger partial charge in [-0.15, -0.1) is 0 Å². The van der Waals surface area contributed by atoms with Crippen molar-refractivity contribution in [2.24, 2.45) is 0 Å². The molecule has 182 valence electrons. The van der Waals surface area contributed by atoms with Crippen LogP contribution in [-0.2, 0) is 24.7 Å². The minimum absolute atomic E-state index is 0.0467. The van der Waals surface area contributed by atoms with Crippen molar-refractivity contribution in [1.82, 2.24) is 0 Å². The monoisotopic (exact) mass is 552 g/mol. The van der Waals surface area contributed by atoms with Gasteiger partial charge in [-0.2, -0.15) is 19.6 Å². The molecule has 0 aromatic heterocycles. The molecule has 0 saturated carbocycles. The number of anilines is 2. The van der Waals surface area contributed by atoms with E-state index in [-0.39, 0.29) is 23.5 Å². The van der Waals surface area contributed by atoms with Crippen molar-refractivity contribution in [3.05, 3.63) is 47.0 Å². The number of rotatable bonds is 12. The Morgan fingerprint density at radius 1 is 0.676 bits per heavy atom. The Balaban J connectivity index is 2.48. The zero-order valence-electron chi connectivity index (χ0n) is 17.9. The molecule has 0 heterocycles. The topological polar surface area (TPSA) is 196 Å². The summed E-state index contributed by atoms with van der Waals surface area (Å²) < 4.78 is 45.3. The van der Waals surface area contributed by atoms with Crippen molar-refractivity contribution >= 4 is 43.5 Å². The van der Waals surface area contributed by atoms with Gasteiger partial charge in [0, 0.05) is 28.9 Å². The molecule has 2 aromatic carbocycles. The molecule has 34 heavy (non-hydrogen) atoms. The molecule has 4 atom stereocenters. The Morgan fingerprint density at radius 3 is 1.59 bits per heavy atom. The van der Waals surface area contributed by atoms with Crippen LogP contribution in [0.3, 0.4) is 0 Å². The van der Waals surface area contributed by atoms with Crippen LogP contribution in [0.5, 0.6) is 11.5 Å². The van der Waals surface area contributed by atoms with Crippen LogP contribution in [0.4, 0.5) is 11.4 Å². The number of hydrogen-bond donors (Lipinski definition) is 6. The maximum Gasteiger partial charge on any atom is 0.527 e. The fourth-order valence-electron chi connectivity index (χ4n) is 3.26. The van der Waals surface area contributed by atoms with Crippen LogP contribution in [0.1, 0.15) is 16.7 Å². The van der Waals surface area contributed by atoms with Crippen LogP contribution >= 0.6 is 32.1 Å². The van der Waals surface area contributed by atoms with Crippen molar-refractivity contribution in [2.45, 2.75) is 13.3 Å². The van der Waals surface area contributed by atoms with E-state index in [1.165, 1.54) is 40.1 Å². The van der Waals surface area contributed by atoms with E-state index in [9.17, 15) is 48.0 Å². The standard InChI is InChI=1S/C18H20N2O10P4/c1-12-4-16(20(10-33(27)28)11-34(29)30)7-14(18(12)22)5-13-6-15(2-3-17(13)21)19(8-31(23)24)9-32(25)26/h2-4,6-7H,5,8-11H2,1H3,(H2-4,21,22,23,24,25,26,27,28,29,30)/p+4. The summed E-state index contributed by atoms with van der Waals surface area (Å²) in [5, 5.41) is 20.9. The van der Waals surface area contributed by atoms with Gasteiger partial charge in [-0.1, -0.05) is 0 Å². The Bertz CT molecular complexity index is 1100. The lowest BCUT2D eigenvalue weighted by Crippen LogP contribution is -2.22. The van der Waals surface area contributed by atoms with Crippen molar-refractivity contribution in [1.29, 1.82) is 0 Å². The van der Waals surface area contributed by atoms with Crippen molar-refractivity contribution in [3.63, 3.8) is 0 Å². The molecule has 0 spiro atoms. The van der Waals surface area contributed by atoms with Crippen LogP contribution in [0.2, 0.25) is 0 Å². The van der Waals surface area contributed by atoms with Gasteiger partial charge < -0.3 is 10.2 Å². The van der Waals surface area contributed by atoms with Crippen LogP contribution in [0, 0.1) is 6.92 Å². The molecule has 16 heteroatoms. The van der Waals surface area contributed by atoms with Crippen LogP contribution in [-0.4, -0.2) is 54.9 Å². The van der Waals surface area contributed by atoms with Gasteiger partial charge in [0.15, 0.2) is 0 Å². The molecular formula is C18H24N2O10P4+4. The van der Waals surface area contributed by atoms with Crippen LogP contribution in [0.15, 0.2) is 30.3 Å². The highest BCUT2D eigenvalue weighted by Gasteiger charge is 2.29. The fraction of sp³-hybridized carbons (Fsp3) is 0.333. The maximum atomic E-state index is 11.4. The molecule has 12 nitrogen and oxygen atoms in total. The fourth-order valence-corrected chi connectivity index (χ4v) is 5.80. The first-order valence-corrected chi connectivity index (χ1v) is 15.1. The summed E-state index contributed by atoms with van der Waals surface area (Å²) in [4.78, 5) is 39.6. The summed E-state index contributed by atoms with van der Waals surface area (Å²) in [7, 11) is -10.6. The largest absolute Gasteiger partial charge is 0.527 e. The zero-order chi connectivity index (χ0) is 25.6. The van der Waals surface area contributed by atoms with Gasteiger partial charge in [0.05, 0.1) is 0 Å². The molecular weight excluding hydrogens is 528 g/mol. The lowest BCUT2D eigenvalue weighted by molar-refractivity contribution is 0.460. The molecule has 0 amide bonds. The van der Waals surface area contributed by atoms with Gasteiger partial charge in [0.2, 0.25) is 0 Å².